The Morgan fingerprint density at radius 1 is 0.757 bits per heavy atom. The Hall–Kier alpha value is -2.56. The van der Waals surface area contributed by atoms with Crippen LogP contribution < -0.4 is 10.9 Å². The van der Waals surface area contributed by atoms with Crippen molar-refractivity contribution in [3.05, 3.63) is 66.1 Å². The summed E-state index contributed by atoms with van der Waals surface area (Å²) in [7, 11) is 0. The van der Waals surface area contributed by atoms with Gasteiger partial charge >= 0.3 is 5.97 Å². The second-order valence-electron chi connectivity index (χ2n) is 7.75. The number of nitrogens with one attached hydrogen (secondary N) is 2. The lowest BCUT2D eigenvalue weighted by Gasteiger charge is -2.13. The third-order valence-corrected chi connectivity index (χ3v) is 7.29. The fourth-order valence-corrected chi connectivity index (χ4v) is 4.51. The van der Waals surface area contributed by atoms with Crippen LogP contribution in [-0.2, 0) is 14.3 Å². The molecule has 0 saturated carbocycles. The molecule has 0 radical (unpaired) electrons. The molecule has 0 unspecified atom stereocenters. The molecule has 2 aromatic rings. The fraction of sp³-hybridized carbons (Fsp3) is 0.261. The number of ether oxygens (including phenoxy) is 1. The first-order chi connectivity index (χ1) is 17.5. The summed E-state index contributed by atoms with van der Waals surface area (Å²) in [5.41, 5.74) is 4.44. The molecule has 0 aromatic heterocycles. The zero-order valence-electron chi connectivity index (χ0n) is 18.8. The van der Waals surface area contributed by atoms with Crippen molar-refractivity contribution in [3.63, 3.8) is 0 Å². The van der Waals surface area contributed by atoms with Gasteiger partial charge in [-0.15, -0.1) is 0 Å². The molecule has 0 fully saturated rings. The van der Waals surface area contributed by atoms with Crippen molar-refractivity contribution in [2.45, 2.75) is 25.7 Å². The van der Waals surface area contributed by atoms with Crippen LogP contribution >= 0.6 is 58.0 Å². The van der Waals surface area contributed by atoms with Crippen LogP contribution in [0.2, 0.25) is 25.1 Å². The van der Waals surface area contributed by atoms with Gasteiger partial charge in [0.2, 0.25) is 0 Å². The Balaban J connectivity index is 1.35. The van der Waals surface area contributed by atoms with E-state index in [9.17, 15) is 24.0 Å². The molecule has 4 amide bonds. The second kappa shape index (κ2) is 12.8. The molecule has 0 bridgehead atoms. The molecule has 3 rings (SSSR count). The Morgan fingerprint density at radius 3 is 1.89 bits per heavy atom. The summed E-state index contributed by atoms with van der Waals surface area (Å²) < 4.78 is 4.87. The first kappa shape index (κ1) is 29.0. The number of esters is 1. The number of unbranched alkanes of at least 4 members (excludes halogenated alkanes) is 2. The summed E-state index contributed by atoms with van der Waals surface area (Å²) in [6.45, 7) is -0.513. The van der Waals surface area contributed by atoms with E-state index in [-0.39, 0.29) is 49.7 Å². The minimum atomic E-state index is -0.723. The van der Waals surface area contributed by atoms with Gasteiger partial charge in [0.25, 0.3) is 23.6 Å². The predicted molar refractivity (Wildman–Crippen MR) is 138 cm³/mol. The zero-order chi connectivity index (χ0) is 27.3. The van der Waals surface area contributed by atoms with E-state index < -0.39 is 36.2 Å². The maximum atomic E-state index is 12.7. The average Bonchev–Trinajstić information content (AvgIpc) is 3.13. The number of nitrogens with zero attached hydrogens (tertiary/aromatic N) is 1. The largest absolute Gasteiger partial charge is 0.455 e. The van der Waals surface area contributed by atoms with Gasteiger partial charge in [-0.1, -0.05) is 64.4 Å². The van der Waals surface area contributed by atoms with E-state index in [1.54, 1.807) is 0 Å². The highest BCUT2D eigenvalue weighted by Gasteiger charge is 2.41. The quantitative estimate of drug-likeness (QED) is 0.102. The van der Waals surface area contributed by atoms with E-state index in [1.165, 1.54) is 24.3 Å². The maximum absolute atomic E-state index is 12.7. The van der Waals surface area contributed by atoms with Crippen LogP contribution in [0.25, 0.3) is 0 Å². The third-order valence-electron chi connectivity index (χ3n) is 5.23. The minimum Gasteiger partial charge on any atom is -0.455 e. The van der Waals surface area contributed by atoms with E-state index in [0.717, 1.165) is 4.90 Å². The summed E-state index contributed by atoms with van der Waals surface area (Å²) >= 11 is 29.9. The lowest BCUT2D eigenvalue weighted by molar-refractivity contribution is -0.148. The highest BCUT2D eigenvalue weighted by Crippen LogP contribution is 2.44. The molecule has 9 nitrogen and oxygen atoms in total. The van der Waals surface area contributed by atoms with Crippen molar-refractivity contribution in [2.75, 3.05) is 13.2 Å². The van der Waals surface area contributed by atoms with Gasteiger partial charge in [0.1, 0.15) is 0 Å². The van der Waals surface area contributed by atoms with Crippen LogP contribution in [-0.4, -0.2) is 47.6 Å². The van der Waals surface area contributed by atoms with Crippen LogP contribution in [0.1, 0.15) is 56.8 Å². The molecule has 1 heterocycles. The van der Waals surface area contributed by atoms with Crippen LogP contribution in [0, 0.1) is 0 Å². The van der Waals surface area contributed by atoms with Gasteiger partial charge in [-0.2, -0.15) is 0 Å². The number of imide groups is 1. The van der Waals surface area contributed by atoms with Crippen molar-refractivity contribution in [1.82, 2.24) is 15.8 Å². The molecule has 196 valence electrons. The van der Waals surface area contributed by atoms with E-state index in [0.29, 0.717) is 24.3 Å². The van der Waals surface area contributed by atoms with Gasteiger partial charge in [0, 0.05) is 23.6 Å². The highest BCUT2D eigenvalue weighted by atomic mass is 35.5. The number of halogens is 5. The van der Waals surface area contributed by atoms with Crippen molar-refractivity contribution in [3.8, 4) is 0 Å². The molecule has 0 spiro atoms. The lowest BCUT2D eigenvalue weighted by Crippen LogP contribution is -2.43. The van der Waals surface area contributed by atoms with Gasteiger partial charge in [-0.05, 0) is 37.1 Å². The highest BCUT2D eigenvalue weighted by molar-refractivity contribution is 6.55. The second-order valence-corrected chi connectivity index (χ2v) is 9.70. The normalized spacial score (nSPS) is 12.4. The maximum Gasteiger partial charge on any atom is 0.306 e. The summed E-state index contributed by atoms with van der Waals surface area (Å²) in [6, 6.07) is 6.01. The first-order valence-electron chi connectivity index (χ1n) is 10.8. The van der Waals surface area contributed by atoms with Gasteiger partial charge in [0.15, 0.2) is 6.61 Å². The number of hydrogen-bond donors (Lipinski definition) is 2. The molecule has 0 atom stereocenters. The molecule has 1 aliphatic heterocycles. The third kappa shape index (κ3) is 6.86. The Morgan fingerprint density at radius 2 is 1.32 bits per heavy atom. The fourth-order valence-electron chi connectivity index (χ4n) is 3.37. The van der Waals surface area contributed by atoms with Crippen molar-refractivity contribution in [2.24, 2.45) is 0 Å². The van der Waals surface area contributed by atoms with Crippen LogP contribution in [0.3, 0.4) is 0 Å². The van der Waals surface area contributed by atoms with Crippen LogP contribution in [0.4, 0.5) is 0 Å². The number of hydrogen-bond acceptors (Lipinski definition) is 6. The predicted octanol–water partition coefficient (Wildman–Crippen LogP) is 5.11. The number of benzene rings is 2. The van der Waals surface area contributed by atoms with Crippen molar-refractivity contribution in [1.29, 1.82) is 0 Å². The van der Waals surface area contributed by atoms with Gasteiger partial charge in [-0.25, -0.2) is 0 Å². The summed E-state index contributed by atoms with van der Waals surface area (Å²) in [6.07, 6.45) is 1.27. The monoisotopic (exact) mass is 607 g/mol. The Kier molecular flexibility index (Phi) is 10.0. The minimum absolute atomic E-state index is 0.00933. The average molecular weight is 610 g/mol. The SMILES string of the molecule is O=C(COC(=O)CCCCCN1C(=O)c2c(Cl)c(Cl)c(Cl)c(Cl)c2C1=O)NNC(=O)c1ccc(Cl)cc1. The summed E-state index contributed by atoms with van der Waals surface area (Å²) in [4.78, 5) is 61.9. The smallest absolute Gasteiger partial charge is 0.306 e. The topological polar surface area (TPSA) is 122 Å². The molecule has 1 aliphatic rings. The Labute approximate surface area is 236 Å². The van der Waals surface area contributed by atoms with Crippen molar-refractivity contribution < 1.29 is 28.7 Å². The van der Waals surface area contributed by atoms with Crippen molar-refractivity contribution >= 4 is 87.6 Å². The zero-order valence-corrected chi connectivity index (χ0v) is 22.6. The first-order valence-corrected chi connectivity index (χ1v) is 12.6. The van der Waals surface area contributed by atoms with Crippen LogP contribution in [0.15, 0.2) is 24.3 Å². The summed E-state index contributed by atoms with van der Waals surface area (Å²) in [5, 5.41) is -0.0226. The molecule has 14 heteroatoms. The van der Waals surface area contributed by atoms with Gasteiger partial charge in [0.05, 0.1) is 31.2 Å². The number of amides is 4. The molecular weight excluding hydrogens is 592 g/mol. The standard InChI is InChI=1S/C23H18Cl5N3O6/c24-12-7-5-11(6-8-12)21(34)30-29-13(32)10-37-14(33)4-2-1-3-9-31-22(35)15-16(23(31)36)18(26)20(28)19(27)17(15)25/h5-8H,1-4,9-10H2,(H,29,32)(H,30,34). The number of rotatable bonds is 9. The van der Waals surface area contributed by atoms with E-state index in [4.69, 9.17) is 62.7 Å². The molecular formula is C23H18Cl5N3O6. The van der Waals surface area contributed by atoms with E-state index >= 15 is 0 Å². The number of fused-ring (bicyclic) bond motifs is 1. The molecule has 37 heavy (non-hydrogen) atoms. The Bertz CT molecular complexity index is 1220. The summed E-state index contributed by atoms with van der Waals surface area (Å²) in [5.74, 6) is -3.16. The molecule has 0 aliphatic carbocycles. The molecule has 2 N–H and O–H groups in total. The van der Waals surface area contributed by atoms with Gasteiger partial charge < -0.3 is 4.74 Å². The van der Waals surface area contributed by atoms with E-state index in [1.807, 2.05) is 0 Å². The van der Waals surface area contributed by atoms with Gasteiger partial charge in [-0.3, -0.25) is 39.7 Å². The number of carbonyl (C=O) groups is 5. The van der Waals surface area contributed by atoms with Crippen LogP contribution in [0.5, 0.6) is 0 Å². The number of hydrazine groups is 1. The molecule has 0 saturated heterocycles. The number of carbonyl (C=O) groups excluding carboxylic acids is 5. The lowest BCUT2D eigenvalue weighted by atomic mass is 10.1. The molecule has 2 aromatic carbocycles. The van der Waals surface area contributed by atoms with E-state index in [2.05, 4.69) is 10.9 Å².